The number of amides is 1. The molecule has 1 N–H and O–H groups in total. The number of hydrogen-bond acceptors (Lipinski definition) is 3. The van der Waals surface area contributed by atoms with Gasteiger partial charge in [-0.25, -0.2) is 4.79 Å². The van der Waals surface area contributed by atoms with Crippen molar-refractivity contribution in [3.8, 4) is 0 Å². The minimum Gasteiger partial charge on any atom is -0.444 e. The van der Waals surface area contributed by atoms with Crippen LogP contribution in [0.15, 0.2) is 0 Å². The standard InChI is InChI=1S/C12H23NO3/c1-9(2)8-10(6-7-14)13-11(15)16-12(3,4)5/h7,9-10H,6,8H2,1-5H3,(H,13,15)/t10-/m0/s1. The number of alkyl carbamates (subject to hydrolysis) is 1. The molecule has 0 aliphatic rings. The van der Waals surface area contributed by atoms with Crippen LogP contribution < -0.4 is 5.32 Å². The number of carbonyl (C=O) groups excluding carboxylic acids is 2. The van der Waals surface area contributed by atoms with Crippen molar-refractivity contribution in [2.75, 3.05) is 0 Å². The van der Waals surface area contributed by atoms with Crippen molar-refractivity contribution in [1.29, 1.82) is 0 Å². The maximum Gasteiger partial charge on any atom is 0.407 e. The second-order valence-corrected chi connectivity index (χ2v) is 5.38. The van der Waals surface area contributed by atoms with Gasteiger partial charge in [-0.3, -0.25) is 0 Å². The molecule has 0 aromatic carbocycles. The van der Waals surface area contributed by atoms with Gasteiger partial charge in [0.05, 0.1) is 0 Å². The van der Waals surface area contributed by atoms with E-state index in [1.807, 2.05) is 20.8 Å². The SMILES string of the molecule is CC(C)C[C@H](CC=O)NC(=O)OC(C)(C)C. The third-order valence-corrected chi connectivity index (χ3v) is 1.86. The highest BCUT2D eigenvalue weighted by atomic mass is 16.6. The van der Waals surface area contributed by atoms with E-state index in [2.05, 4.69) is 19.2 Å². The molecule has 0 aromatic heterocycles. The number of hydrogen-bond donors (Lipinski definition) is 1. The van der Waals surface area contributed by atoms with Crippen LogP contribution in [0, 0.1) is 5.92 Å². The Labute approximate surface area is 97.7 Å². The topological polar surface area (TPSA) is 55.4 Å². The second kappa shape index (κ2) is 6.51. The fraction of sp³-hybridized carbons (Fsp3) is 0.833. The molecular weight excluding hydrogens is 206 g/mol. The average Bonchev–Trinajstić information content (AvgIpc) is 1.98. The van der Waals surface area contributed by atoms with Crippen molar-refractivity contribution in [1.82, 2.24) is 5.32 Å². The van der Waals surface area contributed by atoms with E-state index < -0.39 is 11.7 Å². The summed E-state index contributed by atoms with van der Waals surface area (Å²) in [5.74, 6) is 0.430. The average molecular weight is 229 g/mol. The van der Waals surface area contributed by atoms with Crippen molar-refractivity contribution in [3.05, 3.63) is 0 Å². The lowest BCUT2D eigenvalue weighted by Gasteiger charge is -2.23. The molecule has 1 amide bonds. The maximum atomic E-state index is 11.5. The van der Waals surface area contributed by atoms with Gasteiger partial charge in [-0.05, 0) is 33.1 Å². The van der Waals surface area contributed by atoms with Crippen molar-refractivity contribution < 1.29 is 14.3 Å². The van der Waals surface area contributed by atoms with Gasteiger partial charge in [-0.1, -0.05) is 13.8 Å². The Hall–Kier alpha value is -1.06. The van der Waals surface area contributed by atoms with Crippen LogP contribution in [0.3, 0.4) is 0 Å². The molecule has 0 radical (unpaired) electrons. The lowest BCUT2D eigenvalue weighted by atomic mass is 10.0. The van der Waals surface area contributed by atoms with Gasteiger partial charge >= 0.3 is 6.09 Å². The highest BCUT2D eigenvalue weighted by molar-refractivity contribution is 5.68. The summed E-state index contributed by atoms with van der Waals surface area (Å²) in [6.07, 6.45) is 1.47. The zero-order chi connectivity index (χ0) is 12.8. The van der Waals surface area contributed by atoms with Gasteiger partial charge in [0.15, 0.2) is 0 Å². The number of aldehydes is 1. The third-order valence-electron chi connectivity index (χ3n) is 1.86. The molecule has 0 fully saturated rings. The maximum absolute atomic E-state index is 11.5. The highest BCUT2D eigenvalue weighted by Gasteiger charge is 2.19. The summed E-state index contributed by atoms with van der Waals surface area (Å²) >= 11 is 0. The fourth-order valence-corrected chi connectivity index (χ4v) is 1.37. The molecule has 94 valence electrons. The molecule has 4 heteroatoms. The molecule has 0 aliphatic heterocycles. The smallest absolute Gasteiger partial charge is 0.407 e. The van der Waals surface area contributed by atoms with E-state index in [4.69, 9.17) is 4.74 Å². The van der Waals surface area contributed by atoms with E-state index in [1.54, 1.807) is 0 Å². The first-order valence-corrected chi connectivity index (χ1v) is 5.67. The van der Waals surface area contributed by atoms with E-state index in [-0.39, 0.29) is 6.04 Å². The number of ether oxygens (including phenoxy) is 1. The van der Waals surface area contributed by atoms with E-state index >= 15 is 0 Å². The molecule has 16 heavy (non-hydrogen) atoms. The van der Waals surface area contributed by atoms with Gasteiger partial charge < -0.3 is 14.8 Å². The molecule has 0 rings (SSSR count). The Bertz CT molecular complexity index is 231. The van der Waals surface area contributed by atoms with Crippen LogP contribution in [0.5, 0.6) is 0 Å². The lowest BCUT2D eigenvalue weighted by molar-refractivity contribution is -0.108. The second-order valence-electron chi connectivity index (χ2n) is 5.38. The van der Waals surface area contributed by atoms with Crippen molar-refractivity contribution in [2.45, 2.75) is 59.1 Å². The molecule has 0 aromatic rings. The molecule has 0 heterocycles. The van der Waals surface area contributed by atoms with Gasteiger partial charge in [-0.15, -0.1) is 0 Å². The van der Waals surface area contributed by atoms with Gasteiger partial charge in [0.2, 0.25) is 0 Å². The molecule has 0 aliphatic carbocycles. The van der Waals surface area contributed by atoms with Crippen molar-refractivity contribution >= 4 is 12.4 Å². The van der Waals surface area contributed by atoms with Crippen LogP contribution in [-0.4, -0.2) is 24.0 Å². The normalized spacial score (nSPS) is 13.4. The van der Waals surface area contributed by atoms with Crippen molar-refractivity contribution in [3.63, 3.8) is 0 Å². The van der Waals surface area contributed by atoms with Crippen LogP contribution in [0.4, 0.5) is 4.79 Å². The van der Waals surface area contributed by atoms with Crippen LogP contribution in [0.1, 0.15) is 47.5 Å². The molecule has 0 saturated carbocycles. The quantitative estimate of drug-likeness (QED) is 0.737. The van der Waals surface area contributed by atoms with Gasteiger partial charge in [0, 0.05) is 12.5 Å². The molecule has 0 unspecified atom stereocenters. The molecule has 1 atom stereocenters. The zero-order valence-corrected chi connectivity index (χ0v) is 10.9. The first-order valence-electron chi connectivity index (χ1n) is 5.67. The fourth-order valence-electron chi connectivity index (χ4n) is 1.37. The molecule has 0 bridgehead atoms. The Morgan fingerprint density at radius 3 is 2.31 bits per heavy atom. The third kappa shape index (κ3) is 8.26. The van der Waals surface area contributed by atoms with Crippen LogP contribution in [0.2, 0.25) is 0 Å². The predicted octanol–water partition coefficient (Wildman–Crippen LogP) is 2.51. The summed E-state index contributed by atoms with van der Waals surface area (Å²) in [5.41, 5.74) is -0.506. The van der Waals surface area contributed by atoms with Gasteiger partial charge in [0.25, 0.3) is 0 Å². The Balaban J connectivity index is 4.17. The van der Waals surface area contributed by atoms with E-state index in [0.717, 1.165) is 12.7 Å². The summed E-state index contributed by atoms with van der Waals surface area (Å²) in [7, 11) is 0. The summed E-state index contributed by atoms with van der Waals surface area (Å²) in [5, 5.41) is 2.71. The van der Waals surface area contributed by atoms with E-state index in [0.29, 0.717) is 12.3 Å². The van der Waals surface area contributed by atoms with Crippen LogP contribution in [0.25, 0.3) is 0 Å². The first-order chi connectivity index (χ1) is 7.24. The number of carbonyl (C=O) groups is 2. The minimum atomic E-state index is -0.506. The van der Waals surface area contributed by atoms with Crippen LogP contribution in [-0.2, 0) is 9.53 Å². The van der Waals surface area contributed by atoms with E-state index in [9.17, 15) is 9.59 Å². The Kier molecular flexibility index (Phi) is 6.08. The lowest BCUT2D eigenvalue weighted by Crippen LogP contribution is -2.40. The zero-order valence-electron chi connectivity index (χ0n) is 10.9. The molecule has 0 spiro atoms. The van der Waals surface area contributed by atoms with E-state index in [1.165, 1.54) is 0 Å². The van der Waals surface area contributed by atoms with Gasteiger partial charge in [0.1, 0.15) is 11.9 Å². The number of nitrogens with one attached hydrogen (secondary N) is 1. The van der Waals surface area contributed by atoms with Crippen LogP contribution >= 0.6 is 0 Å². The van der Waals surface area contributed by atoms with Gasteiger partial charge in [-0.2, -0.15) is 0 Å². The monoisotopic (exact) mass is 229 g/mol. The summed E-state index contributed by atoms with van der Waals surface area (Å²) in [6, 6.07) is -0.132. The summed E-state index contributed by atoms with van der Waals surface area (Å²) in [4.78, 5) is 21.9. The Morgan fingerprint density at radius 1 is 1.38 bits per heavy atom. The highest BCUT2D eigenvalue weighted by Crippen LogP contribution is 2.10. The molecule has 4 nitrogen and oxygen atoms in total. The summed E-state index contributed by atoms with van der Waals surface area (Å²) < 4.78 is 5.13. The molecular formula is C12H23NO3. The first kappa shape index (κ1) is 14.9. The largest absolute Gasteiger partial charge is 0.444 e. The predicted molar refractivity (Wildman–Crippen MR) is 63.3 cm³/mol. The summed E-state index contributed by atoms with van der Waals surface area (Å²) in [6.45, 7) is 9.53. The Morgan fingerprint density at radius 2 is 1.94 bits per heavy atom. The number of rotatable bonds is 5. The molecule has 0 saturated heterocycles. The minimum absolute atomic E-state index is 0.132. The van der Waals surface area contributed by atoms with Crippen molar-refractivity contribution in [2.24, 2.45) is 5.92 Å².